The zero-order valence-electron chi connectivity index (χ0n) is 8.22. The molecule has 0 spiro atoms. The minimum absolute atomic E-state index is 0.757. The third-order valence-electron chi connectivity index (χ3n) is 1.91. The summed E-state index contributed by atoms with van der Waals surface area (Å²) in [5, 5.41) is 0.847. The van der Waals surface area contributed by atoms with E-state index in [2.05, 4.69) is 12.1 Å². The third kappa shape index (κ3) is 4.12. The zero-order chi connectivity index (χ0) is 10.4. The molecule has 0 radical (unpaired) electrons. The summed E-state index contributed by atoms with van der Waals surface area (Å²) in [4.78, 5) is 0. The van der Waals surface area contributed by atoms with E-state index >= 15 is 0 Å². The Balaban J connectivity index is 2.39. The van der Waals surface area contributed by atoms with Crippen LogP contribution in [0.25, 0.3) is 0 Å². The maximum atomic E-state index is 5.94. The smallest absolute Gasteiger partial charge is 0.0435 e. The predicted molar refractivity (Wildman–Crippen MR) is 67.7 cm³/mol. The molecule has 0 nitrogen and oxygen atoms in total. The van der Waals surface area contributed by atoms with Crippen molar-refractivity contribution in [3.8, 4) is 0 Å². The van der Waals surface area contributed by atoms with Crippen LogP contribution in [0.4, 0.5) is 0 Å². The minimum atomic E-state index is 0.757. The Morgan fingerprint density at radius 1 is 1.36 bits per heavy atom. The maximum Gasteiger partial charge on any atom is 0.0435 e. The van der Waals surface area contributed by atoms with Gasteiger partial charge in [-0.25, -0.2) is 0 Å². The van der Waals surface area contributed by atoms with E-state index in [0.29, 0.717) is 0 Å². The number of rotatable bonds is 5. The summed E-state index contributed by atoms with van der Waals surface area (Å²) >= 11 is 13.5. The second-order valence-corrected chi connectivity index (χ2v) is 5.07. The number of hydrogen-bond acceptors (Lipinski definition) is 1. The van der Waals surface area contributed by atoms with Gasteiger partial charge < -0.3 is 0 Å². The van der Waals surface area contributed by atoms with Gasteiger partial charge in [0.1, 0.15) is 0 Å². The Bertz CT molecular complexity index is 287. The Hall–Kier alpha value is 0.150. The van der Waals surface area contributed by atoms with Gasteiger partial charge in [0.15, 0.2) is 0 Å². The van der Waals surface area contributed by atoms with Gasteiger partial charge in [0.2, 0.25) is 0 Å². The van der Waals surface area contributed by atoms with Crippen LogP contribution in [0.2, 0.25) is 5.02 Å². The third-order valence-corrected chi connectivity index (χ3v) is 3.72. The first kappa shape index (κ1) is 12.2. The first-order valence-corrected chi connectivity index (χ1v) is 6.69. The van der Waals surface area contributed by atoms with Crippen molar-refractivity contribution in [3.63, 3.8) is 0 Å². The SMILES string of the molecule is Cc1cc(CSCCCCl)ccc1Cl. The Morgan fingerprint density at radius 2 is 2.14 bits per heavy atom. The quantitative estimate of drug-likeness (QED) is 0.546. The Labute approximate surface area is 100.0 Å². The molecule has 1 aromatic rings. The fourth-order valence-corrected chi connectivity index (χ4v) is 2.46. The molecule has 0 saturated carbocycles. The molecular formula is C11H14Cl2S. The lowest BCUT2D eigenvalue weighted by molar-refractivity contribution is 1.11. The Kier molecular flexibility index (Phi) is 5.76. The average molecular weight is 249 g/mol. The van der Waals surface area contributed by atoms with E-state index in [0.717, 1.165) is 34.4 Å². The van der Waals surface area contributed by atoms with Crippen LogP contribution in [0, 0.1) is 6.92 Å². The van der Waals surface area contributed by atoms with Crippen LogP contribution in [0.5, 0.6) is 0 Å². The molecule has 0 saturated heterocycles. The molecule has 0 N–H and O–H groups in total. The molecule has 0 aliphatic heterocycles. The molecule has 1 rings (SSSR count). The number of alkyl halides is 1. The first-order valence-electron chi connectivity index (χ1n) is 4.63. The van der Waals surface area contributed by atoms with Gasteiger partial charge in [0.25, 0.3) is 0 Å². The van der Waals surface area contributed by atoms with E-state index < -0.39 is 0 Å². The molecule has 78 valence electrons. The molecular weight excluding hydrogens is 235 g/mol. The van der Waals surface area contributed by atoms with Crippen LogP contribution in [0.3, 0.4) is 0 Å². The first-order chi connectivity index (χ1) is 6.74. The largest absolute Gasteiger partial charge is 0.157 e. The van der Waals surface area contributed by atoms with Gasteiger partial charge in [0, 0.05) is 16.7 Å². The molecule has 0 aliphatic rings. The summed E-state index contributed by atoms with van der Waals surface area (Å²) in [6, 6.07) is 6.20. The summed E-state index contributed by atoms with van der Waals surface area (Å²) < 4.78 is 0. The molecule has 0 aliphatic carbocycles. The topological polar surface area (TPSA) is 0 Å². The molecule has 0 fully saturated rings. The molecule has 0 heterocycles. The molecule has 3 heteroatoms. The van der Waals surface area contributed by atoms with Crippen molar-refractivity contribution in [2.75, 3.05) is 11.6 Å². The van der Waals surface area contributed by atoms with E-state index in [1.807, 2.05) is 24.8 Å². The number of thioether (sulfide) groups is 1. The lowest BCUT2D eigenvalue weighted by Gasteiger charge is -2.03. The van der Waals surface area contributed by atoms with Crippen LogP contribution in [-0.2, 0) is 5.75 Å². The highest BCUT2D eigenvalue weighted by Crippen LogP contribution is 2.20. The van der Waals surface area contributed by atoms with Crippen LogP contribution >= 0.6 is 35.0 Å². The van der Waals surface area contributed by atoms with Crippen molar-refractivity contribution in [2.24, 2.45) is 0 Å². The van der Waals surface area contributed by atoms with Crippen molar-refractivity contribution in [1.29, 1.82) is 0 Å². The van der Waals surface area contributed by atoms with Gasteiger partial charge in [-0.3, -0.25) is 0 Å². The lowest BCUT2D eigenvalue weighted by atomic mass is 10.2. The summed E-state index contributed by atoms with van der Waals surface area (Å²) in [5.74, 6) is 2.94. The summed E-state index contributed by atoms with van der Waals surface area (Å²) in [6.07, 6.45) is 1.08. The standard InChI is InChI=1S/C11H14Cl2S/c1-9-7-10(3-4-11(9)13)8-14-6-2-5-12/h3-4,7H,2,5-6,8H2,1H3. The fraction of sp³-hybridized carbons (Fsp3) is 0.455. The van der Waals surface area contributed by atoms with Crippen molar-refractivity contribution >= 4 is 35.0 Å². The molecule has 0 aromatic heterocycles. The van der Waals surface area contributed by atoms with Crippen LogP contribution in [0.15, 0.2) is 18.2 Å². The number of benzene rings is 1. The lowest BCUT2D eigenvalue weighted by Crippen LogP contribution is -1.86. The highest BCUT2D eigenvalue weighted by Gasteiger charge is 1.97. The highest BCUT2D eigenvalue weighted by molar-refractivity contribution is 7.98. The zero-order valence-corrected chi connectivity index (χ0v) is 10.6. The predicted octanol–water partition coefficient (Wildman–Crippen LogP) is 4.51. The minimum Gasteiger partial charge on any atom is -0.157 e. The second kappa shape index (κ2) is 6.60. The van der Waals surface area contributed by atoms with E-state index in [-0.39, 0.29) is 0 Å². The van der Waals surface area contributed by atoms with Crippen molar-refractivity contribution < 1.29 is 0 Å². The number of halogens is 2. The van der Waals surface area contributed by atoms with E-state index in [4.69, 9.17) is 23.2 Å². The summed E-state index contributed by atoms with van der Waals surface area (Å²) in [6.45, 7) is 2.04. The normalized spacial score (nSPS) is 10.5. The van der Waals surface area contributed by atoms with Gasteiger partial charge in [-0.1, -0.05) is 23.7 Å². The van der Waals surface area contributed by atoms with E-state index in [1.54, 1.807) is 0 Å². The molecule has 14 heavy (non-hydrogen) atoms. The van der Waals surface area contributed by atoms with Crippen LogP contribution in [0.1, 0.15) is 17.5 Å². The molecule has 1 aromatic carbocycles. The summed E-state index contributed by atoms with van der Waals surface area (Å²) in [5.41, 5.74) is 2.49. The van der Waals surface area contributed by atoms with Gasteiger partial charge in [-0.05, 0) is 36.3 Å². The maximum absolute atomic E-state index is 5.94. The Morgan fingerprint density at radius 3 is 2.79 bits per heavy atom. The molecule has 0 amide bonds. The molecule has 0 atom stereocenters. The second-order valence-electron chi connectivity index (χ2n) is 3.18. The van der Waals surface area contributed by atoms with Crippen molar-refractivity contribution in [1.82, 2.24) is 0 Å². The van der Waals surface area contributed by atoms with Gasteiger partial charge >= 0.3 is 0 Å². The van der Waals surface area contributed by atoms with Crippen LogP contribution in [-0.4, -0.2) is 11.6 Å². The van der Waals surface area contributed by atoms with Gasteiger partial charge in [-0.15, -0.1) is 11.6 Å². The highest BCUT2D eigenvalue weighted by atomic mass is 35.5. The monoisotopic (exact) mass is 248 g/mol. The summed E-state index contributed by atoms with van der Waals surface area (Å²) in [7, 11) is 0. The van der Waals surface area contributed by atoms with E-state index in [1.165, 1.54) is 5.56 Å². The molecule has 0 unspecified atom stereocenters. The molecule has 0 bridgehead atoms. The number of hydrogen-bond donors (Lipinski definition) is 0. The average Bonchev–Trinajstić information content (AvgIpc) is 2.18. The van der Waals surface area contributed by atoms with Crippen molar-refractivity contribution in [3.05, 3.63) is 34.3 Å². The number of aryl methyl sites for hydroxylation is 1. The van der Waals surface area contributed by atoms with Crippen molar-refractivity contribution in [2.45, 2.75) is 19.1 Å². The van der Waals surface area contributed by atoms with E-state index in [9.17, 15) is 0 Å². The fourth-order valence-electron chi connectivity index (χ4n) is 1.14. The van der Waals surface area contributed by atoms with Gasteiger partial charge in [0.05, 0.1) is 0 Å². The van der Waals surface area contributed by atoms with Crippen LogP contribution < -0.4 is 0 Å². The van der Waals surface area contributed by atoms with Gasteiger partial charge in [-0.2, -0.15) is 11.8 Å².